The van der Waals surface area contributed by atoms with Crippen LogP contribution in [0, 0.1) is 0 Å². The number of hydrogen-bond acceptors (Lipinski definition) is 4. The Labute approximate surface area is 110 Å². The van der Waals surface area contributed by atoms with Crippen LogP contribution >= 0.6 is 0 Å². The fourth-order valence-corrected chi connectivity index (χ4v) is 1.84. The van der Waals surface area contributed by atoms with Gasteiger partial charge in [-0.3, -0.25) is 4.79 Å². The quantitative estimate of drug-likeness (QED) is 0.650. The van der Waals surface area contributed by atoms with E-state index in [0.29, 0.717) is 19.8 Å². The lowest BCUT2D eigenvalue weighted by molar-refractivity contribution is -0.145. The molecule has 0 bridgehead atoms. The van der Waals surface area contributed by atoms with Crippen molar-refractivity contribution in [3.63, 3.8) is 0 Å². The van der Waals surface area contributed by atoms with Crippen molar-refractivity contribution in [1.29, 1.82) is 0 Å². The molecule has 0 aromatic rings. The van der Waals surface area contributed by atoms with Crippen LogP contribution in [0.5, 0.6) is 0 Å². The lowest BCUT2D eigenvalue weighted by atomic mass is 10.0. The van der Waals surface area contributed by atoms with Crippen LogP contribution in [-0.4, -0.2) is 64.4 Å². The monoisotopic (exact) mass is 274 g/mol. The van der Waals surface area contributed by atoms with Gasteiger partial charge in [0.2, 0.25) is 0 Å². The van der Waals surface area contributed by atoms with Gasteiger partial charge in [0.05, 0.1) is 25.2 Å². The molecule has 0 spiro atoms. The highest BCUT2D eigenvalue weighted by Gasteiger charge is 2.36. The van der Waals surface area contributed by atoms with Crippen LogP contribution in [0.15, 0.2) is 0 Å². The topological polar surface area (TPSA) is 116 Å². The summed E-state index contributed by atoms with van der Waals surface area (Å²) in [6.45, 7) is 4.63. The molecule has 1 fully saturated rings. The molecule has 0 radical (unpaired) electrons. The van der Waals surface area contributed by atoms with E-state index in [1.807, 2.05) is 0 Å². The molecule has 1 aliphatic rings. The van der Waals surface area contributed by atoms with E-state index in [-0.39, 0.29) is 0 Å². The summed E-state index contributed by atoms with van der Waals surface area (Å²) in [5.74, 6) is -2.66. The minimum atomic E-state index is -1.44. The molecule has 19 heavy (non-hydrogen) atoms. The molecule has 1 atom stereocenters. The van der Waals surface area contributed by atoms with Gasteiger partial charge in [-0.2, -0.15) is 0 Å². The summed E-state index contributed by atoms with van der Waals surface area (Å²) in [5, 5.41) is 19.7. The molecule has 1 saturated heterocycles. The van der Waals surface area contributed by atoms with E-state index in [2.05, 4.69) is 5.32 Å². The van der Waals surface area contributed by atoms with Gasteiger partial charge in [-0.25, -0.2) is 9.59 Å². The third kappa shape index (κ3) is 4.09. The van der Waals surface area contributed by atoms with Crippen LogP contribution < -0.4 is 5.32 Å². The number of carbonyl (C=O) groups is 3. The van der Waals surface area contributed by atoms with Gasteiger partial charge in [0, 0.05) is 6.54 Å². The summed E-state index contributed by atoms with van der Waals surface area (Å²) in [6.07, 6.45) is -0.661. The van der Waals surface area contributed by atoms with E-state index >= 15 is 0 Å². The van der Waals surface area contributed by atoms with Crippen LogP contribution in [0.4, 0.5) is 4.79 Å². The largest absolute Gasteiger partial charge is 0.481 e. The molecule has 2 amide bonds. The first-order chi connectivity index (χ1) is 8.74. The molecule has 0 aromatic heterocycles. The lowest BCUT2D eigenvalue weighted by Gasteiger charge is -2.42. The molecule has 8 heteroatoms. The number of carboxylic acid groups (broad SMARTS) is 2. The Balaban J connectivity index is 2.70. The Morgan fingerprint density at radius 1 is 1.37 bits per heavy atom. The molecule has 0 aliphatic carbocycles. The summed E-state index contributed by atoms with van der Waals surface area (Å²) < 4.78 is 5.25. The Hall–Kier alpha value is -1.83. The zero-order chi connectivity index (χ0) is 14.6. The number of morpholine rings is 1. The zero-order valence-electron chi connectivity index (χ0n) is 10.9. The van der Waals surface area contributed by atoms with Gasteiger partial charge in [0.1, 0.15) is 6.04 Å². The van der Waals surface area contributed by atoms with Crippen molar-refractivity contribution in [3.05, 3.63) is 0 Å². The number of nitrogens with zero attached hydrogens (tertiary/aromatic N) is 1. The molecule has 1 heterocycles. The first kappa shape index (κ1) is 15.2. The molecular weight excluding hydrogens is 256 g/mol. The predicted octanol–water partition coefficient (Wildman–Crippen LogP) is -0.265. The van der Waals surface area contributed by atoms with Gasteiger partial charge < -0.3 is 25.2 Å². The van der Waals surface area contributed by atoms with E-state index < -0.39 is 36.0 Å². The minimum Gasteiger partial charge on any atom is -0.481 e. The van der Waals surface area contributed by atoms with E-state index in [1.165, 1.54) is 4.90 Å². The van der Waals surface area contributed by atoms with E-state index in [0.717, 1.165) is 0 Å². The molecule has 1 rings (SSSR count). The number of ether oxygens (including phenoxy) is 1. The van der Waals surface area contributed by atoms with Crippen molar-refractivity contribution in [3.8, 4) is 0 Å². The number of urea groups is 1. The average molecular weight is 274 g/mol. The standard InChI is InChI=1S/C11H18N2O6/c1-11(2)6-19-4-3-13(11)10(18)12-7(9(16)17)5-8(14)15/h7H,3-6H2,1-2H3,(H,12,18)(H,14,15)(H,16,17)/t7-/m1/s1. The zero-order valence-corrected chi connectivity index (χ0v) is 10.9. The second kappa shape index (κ2) is 5.87. The van der Waals surface area contributed by atoms with Crippen molar-refractivity contribution >= 4 is 18.0 Å². The summed E-state index contributed by atoms with van der Waals surface area (Å²) in [7, 11) is 0. The number of rotatable bonds is 4. The number of carbonyl (C=O) groups excluding carboxylic acids is 1. The fourth-order valence-electron chi connectivity index (χ4n) is 1.84. The Bertz CT molecular complexity index is 381. The third-order valence-electron chi connectivity index (χ3n) is 2.86. The molecule has 3 N–H and O–H groups in total. The normalized spacial score (nSPS) is 19.6. The second-order valence-corrected chi connectivity index (χ2v) is 4.95. The van der Waals surface area contributed by atoms with Gasteiger partial charge in [-0.1, -0.05) is 0 Å². The van der Waals surface area contributed by atoms with E-state index in [9.17, 15) is 14.4 Å². The molecule has 1 aliphatic heterocycles. The predicted molar refractivity (Wildman–Crippen MR) is 63.8 cm³/mol. The number of aliphatic carboxylic acids is 2. The van der Waals surface area contributed by atoms with Crippen LogP contribution in [0.25, 0.3) is 0 Å². The third-order valence-corrected chi connectivity index (χ3v) is 2.86. The van der Waals surface area contributed by atoms with Crippen LogP contribution in [0.2, 0.25) is 0 Å². The Morgan fingerprint density at radius 2 is 2.00 bits per heavy atom. The van der Waals surface area contributed by atoms with Gasteiger partial charge in [0.15, 0.2) is 0 Å². The molecule has 0 saturated carbocycles. The highest BCUT2D eigenvalue weighted by atomic mass is 16.5. The van der Waals surface area contributed by atoms with Crippen molar-refractivity contribution < 1.29 is 29.3 Å². The highest BCUT2D eigenvalue weighted by molar-refractivity contribution is 5.86. The molecular formula is C11H18N2O6. The SMILES string of the molecule is CC1(C)COCCN1C(=O)N[C@H](CC(=O)O)C(=O)O. The number of nitrogens with one attached hydrogen (secondary N) is 1. The minimum absolute atomic E-state index is 0.332. The van der Waals surface area contributed by atoms with Crippen LogP contribution in [0.1, 0.15) is 20.3 Å². The number of amides is 2. The maximum Gasteiger partial charge on any atom is 0.326 e. The Kier molecular flexibility index (Phi) is 4.71. The smallest absolute Gasteiger partial charge is 0.326 e. The summed E-state index contributed by atoms with van der Waals surface area (Å²) >= 11 is 0. The summed E-state index contributed by atoms with van der Waals surface area (Å²) in [5.41, 5.74) is -0.561. The van der Waals surface area contributed by atoms with Crippen LogP contribution in [-0.2, 0) is 14.3 Å². The van der Waals surface area contributed by atoms with Crippen molar-refractivity contribution in [2.75, 3.05) is 19.8 Å². The summed E-state index contributed by atoms with van der Waals surface area (Å²) in [4.78, 5) is 34.9. The van der Waals surface area contributed by atoms with Gasteiger partial charge >= 0.3 is 18.0 Å². The average Bonchev–Trinajstić information content (AvgIpc) is 2.26. The van der Waals surface area contributed by atoms with E-state index in [1.54, 1.807) is 13.8 Å². The molecule has 8 nitrogen and oxygen atoms in total. The second-order valence-electron chi connectivity index (χ2n) is 4.95. The maximum absolute atomic E-state index is 12.0. The maximum atomic E-state index is 12.0. The van der Waals surface area contributed by atoms with Gasteiger partial charge in [-0.05, 0) is 13.8 Å². The highest BCUT2D eigenvalue weighted by Crippen LogP contribution is 2.19. The lowest BCUT2D eigenvalue weighted by Crippen LogP contribution is -2.60. The van der Waals surface area contributed by atoms with Gasteiger partial charge in [0.25, 0.3) is 0 Å². The first-order valence-electron chi connectivity index (χ1n) is 5.84. The molecule has 108 valence electrons. The van der Waals surface area contributed by atoms with Crippen molar-refractivity contribution in [1.82, 2.24) is 10.2 Å². The first-order valence-corrected chi connectivity index (χ1v) is 5.84. The fraction of sp³-hybridized carbons (Fsp3) is 0.727. The number of carboxylic acids is 2. The summed E-state index contributed by atoms with van der Waals surface area (Å²) in [6, 6.07) is -2.04. The van der Waals surface area contributed by atoms with Crippen LogP contribution in [0.3, 0.4) is 0 Å². The van der Waals surface area contributed by atoms with Crippen molar-refractivity contribution in [2.24, 2.45) is 0 Å². The Morgan fingerprint density at radius 3 is 2.47 bits per heavy atom. The molecule has 0 unspecified atom stereocenters. The number of hydrogen-bond donors (Lipinski definition) is 3. The molecule has 0 aromatic carbocycles. The van der Waals surface area contributed by atoms with Crippen molar-refractivity contribution in [2.45, 2.75) is 31.8 Å². The van der Waals surface area contributed by atoms with Gasteiger partial charge in [-0.15, -0.1) is 0 Å². The van der Waals surface area contributed by atoms with E-state index in [4.69, 9.17) is 14.9 Å².